The number of aromatic amines is 1. The van der Waals surface area contributed by atoms with Crippen LogP contribution in [0, 0.1) is 6.07 Å². The van der Waals surface area contributed by atoms with E-state index in [4.69, 9.17) is 0 Å². The van der Waals surface area contributed by atoms with Gasteiger partial charge < -0.3 is 4.98 Å². The van der Waals surface area contributed by atoms with Gasteiger partial charge in [0, 0.05) is 10.9 Å². The summed E-state index contributed by atoms with van der Waals surface area (Å²) < 4.78 is 0. The minimum absolute atomic E-state index is 0.931. The second kappa shape index (κ2) is 2.96. The second-order valence-corrected chi connectivity index (χ2v) is 3.82. The first-order valence-electron chi connectivity index (χ1n) is 4.32. The number of nitrogens with one attached hydrogen (secondary N) is 1. The molecule has 0 aliphatic rings. The van der Waals surface area contributed by atoms with Gasteiger partial charge in [-0.25, -0.2) is 4.98 Å². The van der Waals surface area contributed by atoms with E-state index in [0.29, 0.717) is 0 Å². The molecule has 0 atom stereocenters. The fourth-order valence-corrected chi connectivity index (χ4v) is 2.07. The van der Waals surface area contributed by atoms with Crippen LogP contribution in [0.3, 0.4) is 0 Å². The first-order chi connectivity index (χ1) is 6.93. The number of imidazole rings is 1. The summed E-state index contributed by atoms with van der Waals surface area (Å²) in [6, 6.07) is 10.8. The highest BCUT2D eigenvalue weighted by Crippen LogP contribution is 2.21. The van der Waals surface area contributed by atoms with Gasteiger partial charge in [0.2, 0.25) is 0 Å². The monoisotopic (exact) mass is 199 g/mol. The summed E-state index contributed by atoms with van der Waals surface area (Å²) in [5.41, 5.74) is 3.17. The molecule has 3 heteroatoms. The Morgan fingerprint density at radius 1 is 1.36 bits per heavy atom. The van der Waals surface area contributed by atoms with Crippen LogP contribution in [0.5, 0.6) is 0 Å². The topological polar surface area (TPSA) is 28.7 Å². The first kappa shape index (κ1) is 7.76. The third-order valence-corrected chi connectivity index (χ3v) is 2.81. The molecule has 2 aromatic heterocycles. The van der Waals surface area contributed by atoms with Crippen molar-refractivity contribution in [2.24, 2.45) is 0 Å². The van der Waals surface area contributed by atoms with E-state index in [9.17, 15) is 0 Å². The third kappa shape index (κ3) is 1.14. The SMILES string of the molecule is [c]1ccc2[nH]c(-c3ccsc3)nc2c1. The molecule has 0 saturated carbocycles. The molecular formula is C11H7N2S. The predicted octanol–water partition coefficient (Wildman–Crippen LogP) is 3.09. The Labute approximate surface area is 85.2 Å². The highest BCUT2D eigenvalue weighted by Gasteiger charge is 2.03. The standard InChI is InChI=1S/C11H7N2S/c1-2-4-10-9(3-1)12-11(13-10)8-5-6-14-7-8/h1,3-7H,(H,12,13). The Kier molecular flexibility index (Phi) is 1.64. The molecule has 67 valence electrons. The minimum Gasteiger partial charge on any atom is -0.338 e. The smallest absolute Gasteiger partial charge is 0.139 e. The van der Waals surface area contributed by atoms with E-state index < -0.39 is 0 Å². The Hall–Kier alpha value is -1.61. The number of benzene rings is 1. The summed E-state index contributed by atoms with van der Waals surface area (Å²) in [4.78, 5) is 7.75. The van der Waals surface area contributed by atoms with Gasteiger partial charge in [-0.15, -0.1) is 0 Å². The molecule has 2 nitrogen and oxygen atoms in total. The normalized spacial score (nSPS) is 10.9. The van der Waals surface area contributed by atoms with Gasteiger partial charge >= 0.3 is 0 Å². The number of hydrogen-bond donors (Lipinski definition) is 1. The molecule has 1 radical (unpaired) electrons. The van der Waals surface area contributed by atoms with Crippen LogP contribution < -0.4 is 0 Å². The predicted molar refractivity (Wildman–Crippen MR) is 58.2 cm³/mol. The zero-order valence-corrected chi connectivity index (χ0v) is 8.14. The molecule has 3 rings (SSSR count). The highest BCUT2D eigenvalue weighted by molar-refractivity contribution is 7.08. The zero-order chi connectivity index (χ0) is 9.38. The fraction of sp³-hybridized carbons (Fsp3) is 0. The van der Waals surface area contributed by atoms with Gasteiger partial charge in [0.05, 0.1) is 11.0 Å². The zero-order valence-electron chi connectivity index (χ0n) is 7.32. The summed E-state index contributed by atoms with van der Waals surface area (Å²) in [6.45, 7) is 0. The molecule has 14 heavy (non-hydrogen) atoms. The number of aromatic nitrogens is 2. The summed E-state index contributed by atoms with van der Waals surface area (Å²) in [6.07, 6.45) is 0. The molecule has 2 heterocycles. The van der Waals surface area contributed by atoms with E-state index in [0.717, 1.165) is 22.4 Å². The van der Waals surface area contributed by atoms with Crippen LogP contribution in [0.25, 0.3) is 22.4 Å². The van der Waals surface area contributed by atoms with Crippen molar-refractivity contribution in [3.63, 3.8) is 0 Å². The van der Waals surface area contributed by atoms with E-state index >= 15 is 0 Å². The van der Waals surface area contributed by atoms with E-state index in [1.807, 2.05) is 18.2 Å². The summed E-state index contributed by atoms with van der Waals surface area (Å²) in [5.74, 6) is 0.931. The average Bonchev–Trinajstić information content (AvgIpc) is 2.86. The van der Waals surface area contributed by atoms with Gasteiger partial charge in [0.25, 0.3) is 0 Å². The quantitative estimate of drug-likeness (QED) is 0.641. The Morgan fingerprint density at radius 2 is 2.36 bits per heavy atom. The van der Waals surface area contributed by atoms with Crippen molar-refractivity contribution in [1.82, 2.24) is 9.97 Å². The second-order valence-electron chi connectivity index (χ2n) is 3.04. The van der Waals surface area contributed by atoms with Crippen molar-refractivity contribution < 1.29 is 0 Å². The maximum absolute atomic E-state index is 4.48. The number of hydrogen-bond acceptors (Lipinski definition) is 2. The average molecular weight is 199 g/mol. The lowest BCUT2D eigenvalue weighted by Gasteiger charge is -1.86. The molecule has 0 aliphatic carbocycles. The molecule has 1 aromatic carbocycles. The van der Waals surface area contributed by atoms with Crippen LogP contribution in [-0.4, -0.2) is 9.97 Å². The van der Waals surface area contributed by atoms with Crippen molar-refractivity contribution in [3.8, 4) is 11.4 Å². The van der Waals surface area contributed by atoms with Crippen LogP contribution in [0.2, 0.25) is 0 Å². The van der Waals surface area contributed by atoms with E-state index in [1.165, 1.54) is 0 Å². The van der Waals surface area contributed by atoms with Crippen molar-refractivity contribution >= 4 is 22.4 Å². The minimum atomic E-state index is 0.931. The third-order valence-electron chi connectivity index (χ3n) is 2.12. The van der Waals surface area contributed by atoms with Crippen LogP contribution in [0.15, 0.2) is 35.0 Å². The fourth-order valence-electron chi connectivity index (χ4n) is 1.43. The van der Waals surface area contributed by atoms with Crippen molar-refractivity contribution in [3.05, 3.63) is 41.1 Å². The maximum atomic E-state index is 4.48. The molecular weight excluding hydrogens is 192 g/mol. The van der Waals surface area contributed by atoms with E-state index in [2.05, 4.69) is 32.9 Å². The van der Waals surface area contributed by atoms with E-state index in [-0.39, 0.29) is 0 Å². The largest absolute Gasteiger partial charge is 0.338 e. The van der Waals surface area contributed by atoms with Crippen molar-refractivity contribution in [1.29, 1.82) is 0 Å². The molecule has 0 unspecified atom stereocenters. The lowest BCUT2D eigenvalue weighted by molar-refractivity contribution is 1.35. The molecule has 0 saturated heterocycles. The number of nitrogens with zero attached hydrogens (tertiary/aromatic N) is 1. The van der Waals surface area contributed by atoms with Crippen molar-refractivity contribution in [2.75, 3.05) is 0 Å². The first-order valence-corrected chi connectivity index (χ1v) is 5.26. The Morgan fingerprint density at radius 3 is 3.14 bits per heavy atom. The molecule has 0 spiro atoms. The molecule has 1 N–H and O–H groups in total. The van der Waals surface area contributed by atoms with Gasteiger partial charge in [0.1, 0.15) is 5.82 Å². The summed E-state index contributed by atoms with van der Waals surface area (Å²) >= 11 is 1.68. The van der Waals surface area contributed by atoms with Crippen LogP contribution in [0.4, 0.5) is 0 Å². The number of fused-ring (bicyclic) bond motifs is 1. The van der Waals surface area contributed by atoms with Gasteiger partial charge in [-0.1, -0.05) is 6.07 Å². The van der Waals surface area contributed by atoms with Gasteiger partial charge in [-0.05, 0) is 29.6 Å². The molecule has 0 amide bonds. The van der Waals surface area contributed by atoms with Crippen LogP contribution in [0.1, 0.15) is 0 Å². The van der Waals surface area contributed by atoms with Crippen LogP contribution >= 0.6 is 11.3 Å². The lowest BCUT2D eigenvalue weighted by atomic mass is 10.3. The molecule has 3 aromatic rings. The lowest BCUT2D eigenvalue weighted by Crippen LogP contribution is -1.73. The Balaban J connectivity index is 2.24. The van der Waals surface area contributed by atoms with Gasteiger partial charge in [-0.3, -0.25) is 0 Å². The summed E-state index contributed by atoms with van der Waals surface area (Å²) in [5, 5.41) is 4.13. The molecule has 0 bridgehead atoms. The Bertz CT molecular complexity index is 518. The number of thiophene rings is 1. The number of rotatable bonds is 1. The molecule has 0 aliphatic heterocycles. The molecule has 0 fully saturated rings. The number of H-pyrrole nitrogens is 1. The maximum Gasteiger partial charge on any atom is 0.139 e. The van der Waals surface area contributed by atoms with Crippen LogP contribution in [-0.2, 0) is 0 Å². The van der Waals surface area contributed by atoms with E-state index in [1.54, 1.807) is 11.3 Å². The summed E-state index contributed by atoms with van der Waals surface area (Å²) in [7, 11) is 0. The van der Waals surface area contributed by atoms with Gasteiger partial charge in [0.15, 0.2) is 0 Å². The van der Waals surface area contributed by atoms with Gasteiger partial charge in [-0.2, -0.15) is 11.3 Å². The highest BCUT2D eigenvalue weighted by atomic mass is 32.1. The van der Waals surface area contributed by atoms with Crippen molar-refractivity contribution in [2.45, 2.75) is 0 Å².